The molecule has 1 aromatic rings. The van der Waals surface area contributed by atoms with Crippen LogP contribution in [-0.4, -0.2) is 26.5 Å². The molecule has 0 bridgehead atoms. The molecule has 0 radical (unpaired) electrons. The third-order valence-corrected chi connectivity index (χ3v) is 2.28. The zero-order chi connectivity index (χ0) is 11.4. The summed E-state index contributed by atoms with van der Waals surface area (Å²) in [6.07, 6.45) is 0. The van der Waals surface area contributed by atoms with E-state index in [2.05, 4.69) is 0 Å². The van der Waals surface area contributed by atoms with Crippen molar-refractivity contribution in [2.75, 3.05) is 25.6 Å². The van der Waals surface area contributed by atoms with Crippen molar-refractivity contribution in [3.63, 3.8) is 0 Å². The number of anilines is 1. The van der Waals surface area contributed by atoms with Crippen LogP contribution in [0.3, 0.4) is 0 Å². The van der Waals surface area contributed by atoms with E-state index >= 15 is 0 Å². The van der Waals surface area contributed by atoms with Crippen molar-refractivity contribution in [1.29, 1.82) is 0 Å². The van der Waals surface area contributed by atoms with Crippen LogP contribution in [0.2, 0.25) is 0 Å². The molecule has 0 fully saturated rings. The predicted octanol–water partition coefficient (Wildman–Crippen LogP) is 2.03. The first-order valence-electron chi connectivity index (χ1n) is 4.90. The third-order valence-electron chi connectivity index (χ3n) is 2.28. The maximum Gasteiger partial charge on any atom is 0.149 e. The number of nitrogens with zero attached hydrogens (tertiary/aromatic N) is 1. The first-order chi connectivity index (χ1) is 7.04. The number of carbonyl (C=O) groups excluding carboxylic acids is 1. The van der Waals surface area contributed by atoms with Gasteiger partial charge in [-0.1, -0.05) is 0 Å². The highest BCUT2D eigenvalue weighted by molar-refractivity contribution is 5.81. The minimum atomic E-state index is 0.160. The lowest BCUT2D eigenvalue weighted by Gasteiger charge is -2.20. The van der Waals surface area contributed by atoms with E-state index in [1.54, 1.807) is 14.0 Å². The van der Waals surface area contributed by atoms with Crippen molar-refractivity contribution >= 4 is 11.5 Å². The van der Waals surface area contributed by atoms with Crippen molar-refractivity contribution in [3.05, 3.63) is 23.8 Å². The first kappa shape index (κ1) is 11.6. The number of ketones is 1. The highest BCUT2D eigenvalue weighted by Gasteiger charge is 2.07. The Morgan fingerprint density at radius 1 is 1.47 bits per heavy atom. The number of hydrogen-bond acceptors (Lipinski definition) is 3. The Balaban J connectivity index is 2.90. The van der Waals surface area contributed by atoms with E-state index in [-0.39, 0.29) is 5.78 Å². The van der Waals surface area contributed by atoms with Crippen molar-refractivity contribution in [3.8, 4) is 5.75 Å². The predicted molar refractivity (Wildman–Crippen MR) is 61.7 cm³/mol. The first-order valence-corrected chi connectivity index (χ1v) is 4.90. The largest absolute Gasteiger partial charge is 0.497 e. The van der Waals surface area contributed by atoms with Gasteiger partial charge < -0.3 is 9.64 Å². The van der Waals surface area contributed by atoms with Crippen molar-refractivity contribution in [2.24, 2.45) is 0 Å². The van der Waals surface area contributed by atoms with E-state index in [9.17, 15) is 4.79 Å². The summed E-state index contributed by atoms with van der Waals surface area (Å²) in [6, 6.07) is 5.84. The van der Waals surface area contributed by atoms with Gasteiger partial charge in [0.15, 0.2) is 0 Å². The van der Waals surface area contributed by atoms with Gasteiger partial charge in [-0.25, -0.2) is 0 Å². The minimum absolute atomic E-state index is 0.160. The van der Waals surface area contributed by atoms with Crippen LogP contribution >= 0.6 is 0 Å². The summed E-state index contributed by atoms with van der Waals surface area (Å²) >= 11 is 0. The lowest BCUT2D eigenvalue weighted by Crippen LogP contribution is -2.24. The Morgan fingerprint density at radius 3 is 2.60 bits per heavy atom. The number of benzene rings is 1. The van der Waals surface area contributed by atoms with Gasteiger partial charge in [-0.15, -0.1) is 0 Å². The summed E-state index contributed by atoms with van der Waals surface area (Å²) in [7, 11) is 3.56. The fourth-order valence-electron chi connectivity index (χ4n) is 1.60. The van der Waals surface area contributed by atoms with Crippen molar-refractivity contribution in [1.82, 2.24) is 0 Å². The van der Waals surface area contributed by atoms with Gasteiger partial charge in [0.05, 0.1) is 13.7 Å². The number of likely N-dealkylation sites (N-methyl/N-ethyl adjacent to an activating group) is 1. The molecule has 0 saturated carbocycles. The number of carbonyl (C=O) groups is 1. The molecule has 15 heavy (non-hydrogen) atoms. The molecule has 3 heteroatoms. The van der Waals surface area contributed by atoms with E-state index in [1.165, 1.54) is 0 Å². The van der Waals surface area contributed by atoms with Crippen LogP contribution in [0.1, 0.15) is 12.5 Å². The second-order valence-electron chi connectivity index (χ2n) is 3.71. The molecule has 82 valence electrons. The molecule has 0 aliphatic heterocycles. The number of ether oxygens (including phenoxy) is 1. The van der Waals surface area contributed by atoms with Crippen LogP contribution in [0.25, 0.3) is 0 Å². The van der Waals surface area contributed by atoms with Gasteiger partial charge in [0, 0.05) is 12.7 Å². The fourth-order valence-corrected chi connectivity index (χ4v) is 1.60. The molecule has 0 aliphatic carbocycles. The summed E-state index contributed by atoms with van der Waals surface area (Å²) in [5, 5.41) is 0. The van der Waals surface area contributed by atoms with Crippen LogP contribution < -0.4 is 9.64 Å². The van der Waals surface area contributed by atoms with Crippen LogP contribution in [0.4, 0.5) is 5.69 Å². The van der Waals surface area contributed by atoms with Crippen molar-refractivity contribution < 1.29 is 9.53 Å². The molecule has 0 spiro atoms. The molecule has 1 rings (SSSR count). The Labute approximate surface area is 90.7 Å². The molecule has 1 aromatic carbocycles. The Kier molecular flexibility index (Phi) is 3.72. The van der Waals surface area contributed by atoms with Gasteiger partial charge >= 0.3 is 0 Å². The molecule has 0 heterocycles. The van der Waals surface area contributed by atoms with Crippen molar-refractivity contribution in [2.45, 2.75) is 13.8 Å². The molecule has 0 amide bonds. The Morgan fingerprint density at radius 2 is 2.13 bits per heavy atom. The van der Waals surface area contributed by atoms with Gasteiger partial charge in [0.2, 0.25) is 0 Å². The van der Waals surface area contributed by atoms with Gasteiger partial charge in [-0.3, -0.25) is 4.79 Å². The Bertz CT molecular complexity index is 361. The number of methoxy groups -OCH3 is 1. The third kappa shape index (κ3) is 2.98. The molecule has 0 unspecified atom stereocenters. The van der Waals surface area contributed by atoms with Crippen LogP contribution in [0, 0.1) is 6.92 Å². The van der Waals surface area contributed by atoms with E-state index in [1.807, 2.05) is 37.1 Å². The SMILES string of the molecule is COc1ccc(N(C)CC(C)=O)c(C)c1. The fraction of sp³-hybridized carbons (Fsp3) is 0.417. The van der Waals surface area contributed by atoms with Gasteiger partial charge in [-0.05, 0) is 37.6 Å². The average molecular weight is 207 g/mol. The number of hydrogen-bond donors (Lipinski definition) is 0. The summed E-state index contributed by atoms with van der Waals surface area (Å²) in [4.78, 5) is 12.9. The highest BCUT2D eigenvalue weighted by atomic mass is 16.5. The number of Topliss-reactive ketones (excluding diaryl/α,β-unsaturated/α-hetero) is 1. The lowest BCUT2D eigenvalue weighted by atomic mass is 10.1. The summed E-state index contributed by atoms with van der Waals surface area (Å²) in [6.45, 7) is 4.04. The quantitative estimate of drug-likeness (QED) is 0.756. The van der Waals surface area contributed by atoms with Gasteiger partial charge in [0.1, 0.15) is 11.5 Å². The second-order valence-corrected chi connectivity index (χ2v) is 3.71. The molecule has 3 nitrogen and oxygen atoms in total. The van der Waals surface area contributed by atoms with Crippen LogP contribution in [0.15, 0.2) is 18.2 Å². The molecule has 0 aromatic heterocycles. The van der Waals surface area contributed by atoms with Crippen LogP contribution in [0.5, 0.6) is 5.75 Å². The zero-order valence-electron chi connectivity index (χ0n) is 9.70. The van der Waals surface area contributed by atoms with E-state index < -0.39 is 0 Å². The van der Waals surface area contributed by atoms with E-state index in [4.69, 9.17) is 4.74 Å². The standard InChI is InChI=1S/C12H17NO2/c1-9-7-11(15-4)5-6-12(9)13(3)8-10(2)14/h5-7H,8H2,1-4H3. The summed E-state index contributed by atoms with van der Waals surface area (Å²) < 4.78 is 5.13. The lowest BCUT2D eigenvalue weighted by molar-refractivity contribution is -0.115. The average Bonchev–Trinajstić information content (AvgIpc) is 2.16. The monoisotopic (exact) mass is 207 g/mol. The van der Waals surface area contributed by atoms with Gasteiger partial charge in [-0.2, -0.15) is 0 Å². The summed E-state index contributed by atoms with van der Waals surface area (Å²) in [5.41, 5.74) is 2.17. The molecule has 0 N–H and O–H groups in total. The molecule has 0 aliphatic rings. The number of aryl methyl sites for hydroxylation is 1. The maximum atomic E-state index is 11.0. The van der Waals surface area contributed by atoms with E-state index in [0.717, 1.165) is 17.0 Å². The van der Waals surface area contributed by atoms with Crippen LogP contribution in [-0.2, 0) is 4.79 Å². The van der Waals surface area contributed by atoms with E-state index in [0.29, 0.717) is 6.54 Å². The maximum absolute atomic E-state index is 11.0. The minimum Gasteiger partial charge on any atom is -0.497 e. The molecular formula is C12H17NO2. The highest BCUT2D eigenvalue weighted by Crippen LogP contribution is 2.23. The second kappa shape index (κ2) is 4.82. The smallest absolute Gasteiger partial charge is 0.149 e. The topological polar surface area (TPSA) is 29.5 Å². The normalized spacial score (nSPS) is 9.87. The molecular weight excluding hydrogens is 190 g/mol. The van der Waals surface area contributed by atoms with Gasteiger partial charge in [0.25, 0.3) is 0 Å². The molecule has 0 saturated heterocycles. The Hall–Kier alpha value is -1.51. The zero-order valence-corrected chi connectivity index (χ0v) is 9.70. The molecule has 0 atom stereocenters. The summed E-state index contributed by atoms with van der Waals surface area (Å²) in [5.74, 6) is 1.00. The number of rotatable bonds is 4.